The van der Waals surface area contributed by atoms with Crippen LogP contribution in [0.15, 0.2) is 29.2 Å². The Labute approximate surface area is 126 Å². The highest BCUT2D eigenvalue weighted by atomic mass is 32.2. The van der Waals surface area contributed by atoms with Gasteiger partial charge in [0.25, 0.3) is 0 Å². The van der Waals surface area contributed by atoms with E-state index in [4.69, 9.17) is 0 Å². The second kappa shape index (κ2) is 8.32. The van der Waals surface area contributed by atoms with E-state index in [1.165, 1.54) is 37.9 Å². The van der Waals surface area contributed by atoms with E-state index in [-0.39, 0.29) is 5.91 Å². The predicted octanol–water partition coefficient (Wildman–Crippen LogP) is 2.69. The Morgan fingerprint density at radius 2 is 1.90 bits per heavy atom. The molecule has 1 N–H and O–H groups in total. The Hall–Kier alpha value is -1.00. The Bertz CT molecular complexity index is 413. The summed E-state index contributed by atoms with van der Waals surface area (Å²) in [6.45, 7) is 6.21. The van der Waals surface area contributed by atoms with Gasteiger partial charge in [-0.3, -0.25) is 4.79 Å². The molecule has 0 aromatic heterocycles. The summed E-state index contributed by atoms with van der Waals surface area (Å²) in [6.07, 6.45) is 3.96. The van der Waals surface area contributed by atoms with E-state index in [9.17, 15) is 4.79 Å². The molecule has 1 amide bonds. The van der Waals surface area contributed by atoms with E-state index < -0.39 is 0 Å². The summed E-state index contributed by atoms with van der Waals surface area (Å²) in [5.74, 6) is 0.635. The maximum Gasteiger partial charge on any atom is 0.230 e. The molecule has 1 saturated heterocycles. The van der Waals surface area contributed by atoms with Crippen LogP contribution in [0.5, 0.6) is 0 Å². The van der Waals surface area contributed by atoms with Crippen LogP contribution in [0.3, 0.4) is 0 Å². The van der Waals surface area contributed by atoms with Gasteiger partial charge in [0, 0.05) is 18.0 Å². The second-order valence-corrected chi connectivity index (χ2v) is 6.40. The second-order valence-electron chi connectivity index (χ2n) is 5.35. The van der Waals surface area contributed by atoms with E-state index in [1.807, 2.05) is 0 Å². The van der Waals surface area contributed by atoms with Crippen molar-refractivity contribution < 1.29 is 4.79 Å². The Morgan fingerprint density at radius 1 is 1.20 bits per heavy atom. The molecule has 1 aliphatic rings. The number of hydrogen-bond donors (Lipinski definition) is 1. The summed E-state index contributed by atoms with van der Waals surface area (Å²) >= 11 is 1.60. The van der Waals surface area contributed by atoms with Crippen LogP contribution in [0.25, 0.3) is 0 Å². The Balaban J connectivity index is 1.59. The summed E-state index contributed by atoms with van der Waals surface area (Å²) in [5, 5.41) is 3.01. The molecule has 3 nitrogen and oxygen atoms in total. The number of nitrogens with zero attached hydrogens (tertiary/aromatic N) is 1. The van der Waals surface area contributed by atoms with E-state index in [0.29, 0.717) is 5.75 Å². The van der Waals surface area contributed by atoms with E-state index in [1.54, 1.807) is 11.8 Å². The number of carbonyl (C=O) groups excluding carboxylic acids is 1. The summed E-state index contributed by atoms with van der Waals surface area (Å²) < 4.78 is 0. The zero-order valence-corrected chi connectivity index (χ0v) is 13.0. The first-order valence-corrected chi connectivity index (χ1v) is 8.41. The van der Waals surface area contributed by atoms with Crippen LogP contribution in [-0.2, 0) is 4.79 Å². The number of rotatable bonds is 6. The molecule has 2 rings (SSSR count). The summed E-state index contributed by atoms with van der Waals surface area (Å²) in [5.41, 5.74) is 1.25. The minimum Gasteiger partial charge on any atom is -0.354 e. The molecule has 0 atom stereocenters. The maximum atomic E-state index is 11.8. The molecule has 0 spiro atoms. The van der Waals surface area contributed by atoms with Crippen molar-refractivity contribution in [2.45, 2.75) is 31.1 Å². The first kappa shape index (κ1) is 15.4. The zero-order valence-electron chi connectivity index (χ0n) is 12.2. The number of likely N-dealkylation sites (tertiary alicyclic amines) is 1. The molecule has 0 radical (unpaired) electrons. The van der Waals surface area contributed by atoms with Gasteiger partial charge in [0.1, 0.15) is 0 Å². The van der Waals surface area contributed by atoms with Crippen molar-refractivity contribution in [3.05, 3.63) is 29.8 Å². The van der Waals surface area contributed by atoms with Gasteiger partial charge in [0.05, 0.1) is 5.75 Å². The smallest absolute Gasteiger partial charge is 0.230 e. The number of nitrogens with one attached hydrogen (secondary N) is 1. The van der Waals surface area contributed by atoms with Crippen LogP contribution >= 0.6 is 11.8 Å². The average Bonchev–Trinajstić information content (AvgIpc) is 2.48. The lowest BCUT2D eigenvalue weighted by molar-refractivity contribution is -0.118. The first-order chi connectivity index (χ1) is 9.74. The van der Waals surface area contributed by atoms with E-state index in [2.05, 4.69) is 41.4 Å². The van der Waals surface area contributed by atoms with Gasteiger partial charge in [0.2, 0.25) is 5.91 Å². The van der Waals surface area contributed by atoms with Crippen LogP contribution in [0, 0.1) is 6.92 Å². The molecule has 1 aliphatic heterocycles. The predicted molar refractivity (Wildman–Crippen MR) is 85.2 cm³/mol. The highest BCUT2D eigenvalue weighted by Crippen LogP contribution is 2.17. The molecule has 110 valence electrons. The van der Waals surface area contributed by atoms with Crippen molar-refractivity contribution in [3.8, 4) is 0 Å². The van der Waals surface area contributed by atoms with Gasteiger partial charge in [-0.25, -0.2) is 0 Å². The normalized spacial score (nSPS) is 16.1. The van der Waals surface area contributed by atoms with Gasteiger partial charge in [-0.2, -0.15) is 0 Å². The van der Waals surface area contributed by atoms with Crippen LogP contribution in [0.4, 0.5) is 0 Å². The number of carbonyl (C=O) groups is 1. The third kappa shape index (κ3) is 5.55. The molecule has 1 heterocycles. The number of piperidine rings is 1. The number of hydrogen-bond acceptors (Lipinski definition) is 3. The lowest BCUT2D eigenvalue weighted by Crippen LogP contribution is -2.38. The largest absolute Gasteiger partial charge is 0.354 e. The molecule has 0 unspecified atom stereocenters. The van der Waals surface area contributed by atoms with Gasteiger partial charge in [-0.15, -0.1) is 11.8 Å². The fourth-order valence-corrected chi connectivity index (χ4v) is 3.10. The molecule has 1 fully saturated rings. The van der Waals surface area contributed by atoms with Crippen molar-refractivity contribution in [1.82, 2.24) is 10.2 Å². The van der Waals surface area contributed by atoms with E-state index in [0.717, 1.165) is 18.0 Å². The fraction of sp³-hybridized carbons (Fsp3) is 0.562. The van der Waals surface area contributed by atoms with Crippen molar-refractivity contribution >= 4 is 17.7 Å². The summed E-state index contributed by atoms with van der Waals surface area (Å²) in [6, 6.07) is 8.30. The molecule has 0 bridgehead atoms. The molecular weight excluding hydrogens is 268 g/mol. The first-order valence-electron chi connectivity index (χ1n) is 7.42. The highest BCUT2D eigenvalue weighted by molar-refractivity contribution is 8.00. The zero-order chi connectivity index (χ0) is 14.2. The van der Waals surface area contributed by atoms with Crippen molar-refractivity contribution in [2.24, 2.45) is 0 Å². The van der Waals surface area contributed by atoms with E-state index >= 15 is 0 Å². The lowest BCUT2D eigenvalue weighted by atomic mass is 10.1. The molecule has 0 aliphatic carbocycles. The van der Waals surface area contributed by atoms with Crippen molar-refractivity contribution in [3.63, 3.8) is 0 Å². The van der Waals surface area contributed by atoms with Crippen molar-refractivity contribution in [1.29, 1.82) is 0 Å². The summed E-state index contributed by atoms with van der Waals surface area (Å²) in [7, 11) is 0. The molecular formula is C16H24N2OS. The summed E-state index contributed by atoms with van der Waals surface area (Å²) in [4.78, 5) is 15.4. The van der Waals surface area contributed by atoms with Crippen LogP contribution in [0.2, 0.25) is 0 Å². The molecule has 20 heavy (non-hydrogen) atoms. The van der Waals surface area contributed by atoms with Gasteiger partial charge < -0.3 is 10.2 Å². The minimum absolute atomic E-state index is 0.132. The van der Waals surface area contributed by atoms with Gasteiger partial charge >= 0.3 is 0 Å². The van der Waals surface area contributed by atoms with Crippen LogP contribution in [0.1, 0.15) is 24.8 Å². The molecule has 1 aromatic carbocycles. The van der Waals surface area contributed by atoms with Gasteiger partial charge in [-0.1, -0.05) is 24.1 Å². The standard InChI is InChI=1S/C16H24N2OS/c1-14-5-7-15(8-6-14)20-13-16(19)17-9-12-18-10-3-2-4-11-18/h5-8H,2-4,9-13H2,1H3,(H,17,19). The highest BCUT2D eigenvalue weighted by Gasteiger charge is 2.09. The third-order valence-electron chi connectivity index (χ3n) is 3.59. The van der Waals surface area contributed by atoms with Crippen LogP contribution in [-0.4, -0.2) is 42.7 Å². The molecule has 4 heteroatoms. The maximum absolute atomic E-state index is 11.8. The Morgan fingerprint density at radius 3 is 2.60 bits per heavy atom. The third-order valence-corrected chi connectivity index (χ3v) is 4.60. The number of amides is 1. The minimum atomic E-state index is 0.132. The Kier molecular flexibility index (Phi) is 6.40. The monoisotopic (exact) mass is 292 g/mol. The topological polar surface area (TPSA) is 32.3 Å². The number of thioether (sulfide) groups is 1. The SMILES string of the molecule is Cc1ccc(SCC(=O)NCCN2CCCCC2)cc1. The molecule has 1 aromatic rings. The number of aryl methyl sites for hydroxylation is 1. The van der Waals surface area contributed by atoms with Gasteiger partial charge in [0.15, 0.2) is 0 Å². The van der Waals surface area contributed by atoms with Crippen molar-refractivity contribution in [2.75, 3.05) is 31.9 Å². The molecule has 0 saturated carbocycles. The van der Waals surface area contributed by atoms with Gasteiger partial charge in [-0.05, 0) is 45.0 Å². The number of benzene rings is 1. The van der Waals surface area contributed by atoms with Crippen LogP contribution < -0.4 is 5.32 Å². The lowest BCUT2D eigenvalue weighted by Gasteiger charge is -2.26. The fourth-order valence-electron chi connectivity index (χ4n) is 2.37. The quantitative estimate of drug-likeness (QED) is 0.818. The average molecular weight is 292 g/mol.